The van der Waals surface area contributed by atoms with Crippen LogP contribution in [0.15, 0.2) is 18.2 Å². The molecular formula is C12H15ClFN. The zero-order valence-corrected chi connectivity index (χ0v) is 9.36. The molecule has 0 aliphatic carbocycles. The van der Waals surface area contributed by atoms with E-state index in [0.717, 1.165) is 31.5 Å². The number of rotatable bonds is 3. The Morgan fingerprint density at radius 1 is 1.47 bits per heavy atom. The monoisotopic (exact) mass is 227 g/mol. The maximum Gasteiger partial charge on any atom is 0.126 e. The molecule has 0 radical (unpaired) electrons. The number of benzene rings is 1. The summed E-state index contributed by atoms with van der Waals surface area (Å²) in [7, 11) is 0. The van der Waals surface area contributed by atoms with E-state index in [1.807, 2.05) is 0 Å². The van der Waals surface area contributed by atoms with Gasteiger partial charge in [0.05, 0.1) is 0 Å². The minimum Gasteiger partial charge on any atom is -0.316 e. The molecule has 0 amide bonds. The molecule has 1 aliphatic heterocycles. The average Bonchev–Trinajstić information content (AvgIpc) is 2.72. The molecule has 1 fully saturated rings. The Labute approximate surface area is 94.6 Å². The fourth-order valence-corrected chi connectivity index (χ4v) is 2.25. The molecular weight excluding hydrogens is 213 g/mol. The van der Waals surface area contributed by atoms with Crippen LogP contribution in [0, 0.1) is 11.7 Å². The molecule has 1 saturated heterocycles. The molecule has 1 aromatic rings. The predicted octanol–water partition coefficient (Wildman–Crippen LogP) is 3.02. The molecule has 3 heteroatoms. The minimum absolute atomic E-state index is 0.134. The second-order valence-electron chi connectivity index (χ2n) is 4.13. The standard InChI is InChI=1S/C12H15ClFN/c13-11-3-4-12(14)10(7-11)2-1-9-5-6-15-8-9/h3-4,7,9,15H,1-2,5-6,8H2. The van der Waals surface area contributed by atoms with Gasteiger partial charge < -0.3 is 5.32 Å². The van der Waals surface area contributed by atoms with E-state index in [1.54, 1.807) is 12.1 Å². The maximum atomic E-state index is 13.4. The Morgan fingerprint density at radius 2 is 2.33 bits per heavy atom. The number of hydrogen-bond acceptors (Lipinski definition) is 1. The third-order valence-electron chi connectivity index (χ3n) is 2.99. The number of aryl methyl sites for hydroxylation is 1. The van der Waals surface area contributed by atoms with E-state index in [0.29, 0.717) is 10.9 Å². The Morgan fingerprint density at radius 3 is 3.07 bits per heavy atom. The summed E-state index contributed by atoms with van der Waals surface area (Å²) in [5, 5.41) is 3.94. The van der Waals surface area contributed by atoms with Crippen molar-refractivity contribution in [1.82, 2.24) is 5.32 Å². The number of nitrogens with one attached hydrogen (secondary N) is 1. The average molecular weight is 228 g/mol. The van der Waals surface area contributed by atoms with E-state index in [2.05, 4.69) is 5.32 Å². The molecule has 0 bridgehead atoms. The fourth-order valence-electron chi connectivity index (χ4n) is 2.06. The van der Waals surface area contributed by atoms with Gasteiger partial charge in [0, 0.05) is 5.02 Å². The van der Waals surface area contributed by atoms with E-state index in [-0.39, 0.29) is 5.82 Å². The Hall–Kier alpha value is -0.600. The SMILES string of the molecule is Fc1ccc(Cl)cc1CCC1CCNC1. The normalized spacial score (nSPS) is 20.8. The number of halogens is 2. The van der Waals surface area contributed by atoms with Crippen LogP contribution in [0.1, 0.15) is 18.4 Å². The molecule has 0 aromatic heterocycles. The van der Waals surface area contributed by atoms with Gasteiger partial charge in [-0.2, -0.15) is 0 Å². The minimum atomic E-state index is -0.134. The lowest BCUT2D eigenvalue weighted by atomic mass is 9.99. The summed E-state index contributed by atoms with van der Waals surface area (Å²) in [4.78, 5) is 0. The third-order valence-corrected chi connectivity index (χ3v) is 3.23. The summed E-state index contributed by atoms with van der Waals surface area (Å²) < 4.78 is 13.4. The van der Waals surface area contributed by atoms with Crippen LogP contribution < -0.4 is 5.32 Å². The van der Waals surface area contributed by atoms with Gasteiger partial charge in [0.15, 0.2) is 0 Å². The first kappa shape index (κ1) is 10.9. The topological polar surface area (TPSA) is 12.0 Å². The molecule has 1 aromatic carbocycles. The molecule has 0 saturated carbocycles. The van der Waals surface area contributed by atoms with E-state index >= 15 is 0 Å². The van der Waals surface area contributed by atoms with Crippen molar-refractivity contribution >= 4 is 11.6 Å². The van der Waals surface area contributed by atoms with Gasteiger partial charge in [0.1, 0.15) is 5.82 Å². The van der Waals surface area contributed by atoms with Gasteiger partial charge in [0.2, 0.25) is 0 Å². The molecule has 2 rings (SSSR count). The molecule has 0 spiro atoms. The largest absolute Gasteiger partial charge is 0.316 e. The van der Waals surface area contributed by atoms with Crippen molar-refractivity contribution < 1.29 is 4.39 Å². The van der Waals surface area contributed by atoms with Crippen molar-refractivity contribution in [1.29, 1.82) is 0 Å². The molecule has 1 unspecified atom stereocenters. The van der Waals surface area contributed by atoms with Gasteiger partial charge in [0.25, 0.3) is 0 Å². The van der Waals surface area contributed by atoms with E-state index in [4.69, 9.17) is 11.6 Å². The molecule has 1 atom stereocenters. The van der Waals surface area contributed by atoms with Gasteiger partial charge >= 0.3 is 0 Å². The molecule has 15 heavy (non-hydrogen) atoms. The summed E-state index contributed by atoms with van der Waals surface area (Å²) in [6.45, 7) is 2.17. The van der Waals surface area contributed by atoms with E-state index < -0.39 is 0 Å². The Kier molecular flexibility index (Phi) is 3.60. The maximum absolute atomic E-state index is 13.4. The van der Waals surface area contributed by atoms with Crippen LogP contribution >= 0.6 is 11.6 Å². The van der Waals surface area contributed by atoms with Crippen molar-refractivity contribution in [3.63, 3.8) is 0 Å². The second-order valence-corrected chi connectivity index (χ2v) is 4.57. The lowest BCUT2D eigenvalue weighted by Gasteiger charge is -2.08. The van der Waals surface area contributed by atoms with Gasteiger partial charge in [-0.3, -0.25) is 0 Å². The molecule has 1 aliphatic rings. The summed E-state index contributed by atoms with van der Waals surface area (Å²) in [5.41, 5.74) is 0.745. The van der Waals surface area contributed by atoms with Crippen LogP contribution in [-0.4, -0.2) is 13.1 Å². The zero-order valence-electron chi connectivity index (χ0n) is 8.60. The second kappa shape index (κ2) is 4.95. The van der Waals surface area contributed by atoms with E-state index in [1.165, 1.54) is 12.5 Å². The van der Waals surface area contributed by atoms with Crippen molar-refractivity contribution in [2.24, 2.45) is 5.92 Å². The van der Waals surface area contributed by atoms with Crippen molar-refractivity contribution in [2.75, 3.05) is 13.1 Å². The first-order chi connectivity index (χ1) is 7.25. The van der Waals surface area contributed by atoms with Crippen molar-refractivity contribution in [3.05, 3.63) is 34.6 Å². The highest BCUT2D eigenvalue weighted by Crippen LogP contribution is 2.20. The van der Waals surface area contributed by atoms with Crippen LogP contribution in [0.3, 0.4) is 0 Å². The Balaban J connectivity index is 1.94. The summed E-state index contributed by atoms with van der Waals surface area (Å²) in [6.07, 6.45) is 3.05. The highest BCUT2D eigenvalue weighted by atomic mass is 35.5. The summed E-state index contributed by atoms with van der Waals surface area (Å²) in [6, 6.07) is 4.78. The lowest BCUT2D eigenvalue weighted by molar-refractivity contribution is 0.520. The molecule has 82 valence electrons. The third kappa shape index (κ3) is 2.93. The lowest BCUT2D eigenvalue weighted by Crippen LogP contribution is -2.09. The molecule has 1 N–H and O–H groups in total. The predicted molar refractivity (Wildman–Crippen MR) is 60.7 cm³/mol. The van der Waals surface area contributed by atoms with Gasteiger partial charge in [-0.05, 0) is 62.0 Å². The zero-order chi connectivity index (χ0) is 10.7. The summed E-state index contributed by atoms with van der Waals surface area (Å²) >= 11 is 5.83. The van der Waals surface area contributed by atoms with Crippen LogP contribution in [0.25, 0.3) is 0 Å². The number of hydrogen-bond donors (Lipinski definition) is 1. The first-order valence-corrected chi connectivity index (χ1v) is 5.78. The quantitative estimate of drug-likeness (QED) is 0.837. The van der Waals surface area contributed by atoms with Crippen molar-refractivity contribution in [2.45, 2.75) is 19.3 Å². The molecule has 1 heterocycles. The fraction of sp³-hybridized carbons (Fsp3) is 0.500. The van der Waals surface area contributed by atoms with Crippen LogP contribution in [0.2, 0.25) is 5.02 Å². The smallest absolute Gasteiger partial charge is 0.126 e. The highest BCUT2D eigenvalue weighted by Gasteiger charge is 2.14. The van der Waals surface area contributed by atoms with Gasteiger partial charge in [-0.15, -0.1) is 0 Å². The van der Waals surface area contributed by atoms with Crippen LogP contribution in [0.4, 0.5) is 4.39 Å². The molecule has 1 nitrogen and oxygen atoms in total. The van der Waals surface area contributed by atoms with E-state index in [9.17, 15) is 4.39 Å². The Bertz CT molecular complexity index is 334. The summed E-state index contributed by atoms with van der Waals surface area (Å²) in [5.74, 6) is 0.564. The first-order valence-electron chi connectivity index (χ1n) is 5.40. The van der Waals surface area contributed by atoms with Crippen molar-refractivity contribution in [3.8, 4) is 0 Å². The van der Waals surface area contributed by atoms with Crippen LogP contribution in [0.5, 0.6) is 0 Å². The van der Waals surface area contributed by atoms with Crippen LogP contribution in [-0.2, 0) is 6.42 Å². The highest BCUT2D eigenvalue weighted by molar-refractivity contribution is 6.30. The van der Waals surface area contributed by atoms with Gasteiger partial charge in [-0.25, -0.2) is 4.39 Å². The van der Waals surface area contributed by atoms with Gasteiger partial charge in [-0.1, -0.05) is 11.6 Å².